The van der Waals surface area contributed by atoms with Crippen molar-refractivity contribution in [2.45, 2.75) is 0 Å². The molecule has 0 unspecified atom stereocenters. The number of hydrogen-bond acceptors (Lipinski definition) is 6. The summed E-state index contributed by atoms with van der Waals surface area (Å²) < 4.78 is 10.7. The summed E-state index contributed by atoms with van der Waals surface area (Å²) >= 11 is 0. The molecule has 0 aliphatic carbocycles. The number of rotatable bonds is 1. The summed E-state index contributed by atoms with van der Waals surface area (Å²) in [6.45, 7) is 0. The molecular weight excluding hydrogens is 192 g/mol. The van der Waals surface area contributed by atoms with E-state index in [4.69, 9.17) is 0 Å². The Bertz CT molecular complexity index is 186. The van der Waals surface area contributed by atoms with Crippen LogP contribution in [0.1, 0.15) is 1.43 Å². The molecule has 0 fully saturated rings. The summed E-state index contributed by atoms with van der Waals surface area (Å²) in [5, 5.41) is 7.71. The van der Waals surface area contributed by atoms with Crippen LogP contribution in [0.3, 0.4) is 0 Å². The van der Waals surface area contributed by atoms with Crippen molar-refractivity contribution in [3.8, 4) is 0 Å². The molecule has 11 heavy (non-hydrogen) atoms. The van der Waals surface area contributed by atoms with Gasteiger partial charge in [-0.3, -0.25) is 4.79 Å². The minimum atomic E-state index is -2.07. The fraction of sp³-hybridized carbons (Fsp3) is 0. The zero-order valence-electron chi connectivity index (χ0n) is 6.27. The molecular formula is C2HFKNO6. The maximum Gasteiger partial charge on any atom is 1.00 e. The third kappa shape index (κ3) is 6.31. The molecule has 0 radical (unpaired) electrons. The molecule has 0 N–H and O–H groups in total. The number of halogens is 1. The van der Waals surface area contributed by atoms with E-state index in [-0.39, 0.29) is 52.8 Å². The van der Waals surface area contributed by atoms with E-state index >= 15 is 0 Å². The van der Waals surface area contributed by atoms with Crippen LogP contribution in [-0.4, -0.2) is 17.0 Å². The molecule has 7 nitrogen and oxygen atoms in total. The van der Waals surface area contributed by atoms with Crippen LogP contribution >= 0.6 is 0 Å². The third-order valence-electron chi connectivity index (χ3n) is 0.394. The average Bonchev–Trinajstić information content (AvgIpc) is 1.85. The van der Waals surface area contributed by atoms with Crippen molar-refractivity contribution >= 4 is 11.9 Å². The maximum atomic E-state index is 10.7. The maximum absolute atomic E-state index is 10.7. The Hall–Kier alpha value is -0.0936. The van der Waals surface area contributed by atoms with E-state index < -0.39 is 17.0 Å². The van der Waals surface area contributed by atoms with E-state index in [9.17, 15) is 24.2 Å². The minimum Gasteiger partial charge on any atom is -1.00 e. The summed E-state index contributed by atoms with van der Waals surface area (Å²) in [6, 6.07) is 0. The number of nitrogens with zero attached hydrogens (tertiary/aromatic N) is 1. The monoisotopic (exact) mass is 193 g/mol. The van der Waals surface area contributed by atoms with Crippen LogP contribution in [0.25, 0.3) is 0 Å². The molecule has 0 aromatic rings. The Kier molecular flexibility index (Phi) is 8.10. The first-order valence-corrected chi connectivity index (χ1v) is 1.77. The van der Waals surface area contributed by atoms with Crippen molar-refractivity contribution < 1.29 is 81.8 Å². The molecule has 0 saturated heterocycles. The van der Waals surface area contributed by atoms with Crippen molar-refractivity contribution in [2.75, 3.05) is 0 Å². The van der Waals surface area contributed by atoms with Crippen molar-refractivity contribution in [2.24, 2.45) is 0 Å². The zero-order chi connectivity index (χ0) is 8.15. The van der Waals surface area contributed by atoms with E-state index in [2.05, 4.69) is 9.78 Å². The van der Waals surface area contributed by atoms with E-state index in [1.165, 1.54) is 0 Å². The Morgan fingerprint density at radius 2 is 1.91 bits per heavy atom. The van der Waals surface area contributed by atoms with E-state index in [0.717, 1.165) is 0 Å². The van der Waals surface area contributed by atoms with Crippen molar-refractivity contribution in [1.82, 2.24) is 0 Å². The van der Waals surface area contributed by atoms with Gasteiger partial charge in [-0.2, -0.15) is 0 Å². The molecule has 0 bridgehead atoms. The van der Waals surface area contributed by atoms with E-state index in [0.29, 0.717) is 0 Å². The Morgan fingerprint density at radius 1 is 1.45 bits per heavy atom. The van der Waals surface area contributed by atoms with Gasteiger partial charge < -0.3 is 1.43 Å². The van der Waals surface area contributed by atoms with Gasteiger partial charge >= 0.3 is 68.4 Å². The molecule has 0 amide bonds. The van der Waals surface area contributed by atoms with Crippen LogP contribution in [0.5, 0.6) is 0 Å². The SMILES string of the molecule is O=C(OF)C(=O)O[N+](=O)[O-].[H-].[K+]. The zero-order valence-corrected chi connectivity index (χ0v) is 8.40. The second-order valence-electron chi connectivity index (χ2n) is 0.967. The molecule has 0 aliphatic heterocycles. The van der Waals surface area contributed by atoms with Crippen LogP contribution < -0.4 is 51.4 Å². The van der Waals surface area contributed by atoms with Gasteiger partial charge in [-0.1, -0.05) is 0 Å². The first-order valence-electron chi connectivity index (χ1n) is 1.77. The molecule has 58 valence electrons. The fourth-order valence-corrected chi connectivity index (χ4v) is 0.136. The molecule has 9 heteroatoms. The topological polar surface area (TPSA) is 95.7 Å². The second-order valence-corrected chi connectivity index (χ2v) is 0.967. The Labute approximate surface area is 103 Å². The van der Waals surface area contributed by atoms with Crippen LogP contribution in [0.2, 0.25) is 0 Å². The van der Waals surface area contributed by atoms with Gasteiger partial charge in [0.1, 0.15) is 0 Å². The fourth-order valence-electron chi connectivity index (χ4n) is 0.136. The van der Waals surface area contributed by atoms with Crippen LogP contribution in [0, 0.1) is 10.1 Å². The molecule has 0 spiro atoms. The number of carbonyl (C=O) groups is 2. The summed E-state index contributed by atoms with van der Waals surface area (Å²) in [5.74, 6) is -4.09. The summed E-state index contributed by atoms with van der Waals surface area (Å²) in [6.07, 6.45) is 0. The molecule has 0 heterocycles. The van der Waals surface area contributed by atoms with Gasteiger partial charge in [-0.05, 0) is 0 Å². The minimum absolute atomic E-state index is 0. The van der Waals surface area contributed by atoms with Crippen molar-refractivity contribution in [1.29, 1.82) is 0 Å². The molecule has 0 saturated carbocycles. The quantitative estimate of drug-likeness (QED) is 0.184. The largest absolute Gasteiger partial charge is 1.00 e. The van der Waals surface area contributed by atoms with Gasteiger partial charge in [0.15, 0.2) is 0 Å². The van der Waals surface area contributed by atoms with Gasteiger partial charge in [-0.25, -0.2) is 14.6 Å². The van der Waals surface area contributed by atoms with Crippen molar-refractivity contribution in [3.05, 3.63) is 10.1 Å². The Balaban J connectivity index is -0.000000405. The molecule has 0 aromatic heterocycles. The summed E-state index contributed by atoms with van der Waals surface area (Å²) in [4.78, 5) is 34.0. The second kappa shape index (κ2) is 6.61. The normalized spacial score (nSPS) is 7.36. The Morgan fingerprint density at radius 3 is 2.18 bits per heavy atom. The summed E-state index contributed by atoms with van der Waals surface area (Å²) in [5.41, 5.74) is 0. The first kappa shape index (κ1) is 13.5. The number of carbonyl (C=O) groups excluding carboxylic acids is 2. The molecule has 0 rings (SSSR count). The smallest absolute Gasteiger partial charge is 1.00 e. The standard InChI is InChI=1S/C2FNO6.K.H/c3-9-1(5)2(6)10-4(7)8;;/q;+1;-1. The van der Waals surface area contributed by atoms with Gasteiger partial charge in [-0.15, -0.1) is 10.1 Å². The number of hydrogen-bond donors (Lipinski definition) is 0. The molecule has 0 aliphatic rings. The van der Waals surface area contributed by atoms with E-state index in [1.807, 2.05) is 0 Å². The molecule has 0 aromatic carbocycles. The predicted molar refractivity (Wildman–Crippen MR) is 21.4 cm³/mol. The van der Waals surface area contributed by atoms with Crippen LogP contribution in [0.15, 0.2) is 0 Å². The molecule has 0 atom stereocenters. The van der Waals surface area contributed by atoms with Gasteiger partial charge in [0.2, 0.25) is 0 Å². The first-order chi connectivity index (χ1) is 4.57. The van der Waals surface area contributed by atoms with Gasteiger partial charge in [0.05, 0.1) is 0 Å². The van der Waals surface area contributed by atoms with Gasteiger partial charge in [0.25, 0.3) is 0 Å². The van der Waals surface area contributed by atoms with Crippen LogP contribution in [-0.2, 0) is 19.4 Å². The van der Waals surface area contributed by atoms with E-state index in [1.54, 1.807) is 0 Å². The predicted octanol–water partition coefficient (Wildman–Crippen LogP) is -3.73. The van der Waals surface area contributed by atoms with Gasteiger partial charge in [0, 0.05) is 4.53 Å². The van der Waals surface area contributed by atoms with Crippen molar-refractivity contribution in [3.63, 3.8) is 0 Å². The third-order valence-corrected chi connectivity index (χ3v) is 0.394. The average molecular weight is 193 g/mol. The summed E-state index contributed by atoms with van der Waals surface area (Å²) in [7, 11) is 0. The van der Waals surface area contributed by atoms with Crippen LogP contribution in [0.4, 0.5) is 4.53 Å².